The van der Waals surface area contributed by atoms with Crippen molar-refractivity contribution in [2.45, 2.75) is 11.8 Å². The number of hydrazone groups is 1. The fourth-order valence-corrected chi connectivity index (χ4v) is 3.44. The molecule has 0 amide bonds. The van der Waals surface area contributed by atoms with Gasteiger partial charge < -0.3 is 9.50 Å². The van der Waals surface area contributed by atoms with Crippen LogP contribution in [-0.2, 0) is 10.1 Å². The number of thiocarbonyl (C=S) groups is 1. The molecule has 0 saturated heterocycles. The van der Waals surface area contributed by atoms with Gasteiger partial charge in [0.1, 0.15) is 10.6 Å². The molecular formula is C21H19N3O3S2. The van der Waals surface area contributed by atoms with Gasteiger partial charge in [0.05, 0.1) is 6.21 Å². The van der Waals surface area contributed by atoms with Crippen LogP contribution in [-0.4, -0.2) is 19.7 Å². The third kappa shape index (κ3) is 6.13. The number of para-hydroxylation sites is 1. The van der Waals surface area contributed by atoms with E-state index in [1.165, 1.54) is 12.1 Å². The molecule has 0 aromatic heterocycles. The summed E-state index contributed by atoms with van der Waals surface area (Å²) in [5, 5.41) is 7.42. The van der Waals surface area contributed by atoms with Crippen LogP contribution in [0.25, 0.3) is 0 Å². The first-order chi connectivity index (χ1) is 13.9. The molecule has 0 unspecified atom stereocenters. The molecule has 0 heterocycles. The molecule has 0 aliphatic carbocycles. The summed E-state index contributed by atoms with van der Waals surface area (Å²) < 4.78 is 29.8. The third-order valence-electron chi connectivity index (χ3n) is 3.81. The van der Waals surface area contributed by atoms with Gasteiger partial charge in [-0.05, 0) is 73.2 Å². The van der Waals surface area contributed by atoms with Crippen LogP contribution in [0.4, 0.5) is 5.69 Å². The highest BCUT2D eigenvalue weighted by Gasteiger charge is 2.16. The Hall–Kier alpha value is -3.23. The Labute approximate surface area is 175 Å². The summed E-state index contributed by atoms with van der Waals surface area (Å²) in [6.45, 7) is 1.89. The van der Waals surface area contributed by atoms with E-state index >= 15 is 0 Å². The monoisotopic (exact) mass is 425 g/mol. The summed E-state index contributed by atoms with van der Waals surface area (Å²) in [5.41, 5.74) is 5.30. The van der Waals surface area contributed by atoms with E-state index in [2.05, 4.69) is 15.8 Å². The van der Waals surface area contributed by atoms with Crippen LogP contribution in [0.3, 0.4) is 0 Å². The molecule has 0 bridgehead atoms. The van der Waals surface area contributed by atoms with Crippen LogP contribution in [0.1, 0.15) is 11.1 Å². The summed E-state index contributed by atoms with van der Waals surface area (Å²) >= 11 is 5.16. The number of nitrogens with one attached hydrogen (secondary N) is 2. The van der Waals surface area contributed by atoms with Crippen molar-refractivity contribution in [3.05, 3.63) is 90.0 Å². The lowest BCUT2D eigenvalue weighted by Crippen LogP contribution is -2.23. The Morgan fingerprint density at radius 1 is 0.966 bits per heavy atom. The van der Waals surface area contributed by atoms with Crippen LogP contribution < -0.4 is 14.9 Å². The van der Waals surface area contributed by atoms with Crippen molar-refractivity contribution in [3.63, 3.8) is 0 Å². The molecule has 2 N–H and O–H groups in total. The topological polar surface area (TPSA) is 79.8 Å². The van der Waals surface area contributed by atoms with Crippen molar-refractivity contribution < 1.29 is 12.6 Å². The van der Waals surface area contributed by atoms with Gasteiger partial charge in [0.2, 0.25) is 0 Å². The largest absolute Gasteiger partial charge is 0.379 e. The number of anilines is 1. The Morgan fingerprint density at radius 2 is 1.62 bits per heavy atom. The fourth-order valence-electron chi connectivity index (χ4n) is 2.34. The van der Waals surface area contributed by atoms with Crippen LogP contribution in [0.15, 0.2) is 88.9 Å². The van der Waals surface area contributed by atoms with Crippen LogP contribution in [0.5, 0.6) is 5.75 Å². The van der Waals surface area contributed by atoms with Crippen molar-refractivity contribution in [2.75, 3.05) is 5.32 Å². The molecule has 6 nitrogen and oxygen atoms in total. The lowest BCUT2D eigenvalue weighted by molar-refractivity contribution is 0.486. The fraction of sp³-hybridized carbons (Fsp3) is 0.0476. The number of hydrogen-bond donors (Lipinski definition) is 2. The molecule has 3 aromatic rings. The minimum absolute atomic E-state index is 0.109. The minimum atomic E-state index is -3.87. The van der Waals surface area contributed by atoms with Crippen molar-refractivity contribution in [1.29, 1.82) is 0 Å². The second-order valence-electron chi connectivity index (χ2n) is 6.11. The van der Waals surface area contributed by atoms with Crippen molar-refractivity contribution in [1.82, 2.24) is 5.43 Å². The Kier molecular flexibility index (Phi) is 6.58. The van der Waals surface area contributed by atoms with E-state index in [9.17, 15) is 8.42 Å². The number of hydrogen-bond acceptors (Lipinski definition) is 5. The van der Waals surface area contributed by atoms with Gasteiger partial charge in [-0.15, -0.1) is 0 Å². The number of aryl methyl sites for hydroxylation is 1. The van der Waals surface area contributed by atoms with Gasteiger partial charge >= 0.3 is 10.1 Å². The average molecular weight is 426 g/mol. The van der Waals surface area contributed by atoms with Crippen molar-refractivity contribution >= 4 is 39.4 Å². The lowest BCUT2D eigenvalue weighted by atomic mass is 10.2. The Balaban J connectivity index is 1.56. The summed E-state index contributed by atoms with van der Waals surface area (Å²) in [6.07, 6.45) is 1.57. The maximum atomic E-state index is 12.3. The molecule has 3 aromatic carbocycles. The Morgan fingerprint density at radius 3 is 2.28 bits per heavy atom. The predicted octanol–water partition coefficient (Wildman–Crippen LogP) is 4.08. The molecule has 3 rings (SSSR count). The summed E-state index contributed by atoms with van der Waals surface area (Å²) in [4.78, 5) is 0.109. The number of rotatable bonds is 6. The zero-order chi connectivity index (χ0) is 20.7. The summed E-state index contributed by atoms with van der Waals surface area (Å²) in [6, 6.07) is 22.5. The molecule has 8 heteroatoms. The van der Waals surface area contributed by atoms with Gasteiger partial charge in [-0.25, -0.2) is 0 Å². The van der Waals surface area contributed by atoms with Crippen molar-refractivity contribution in [2.24, 2.45) is 5.10 Å². The van der Waals surface area contributed by atoms with Gasteiger partial charge in [-0.2, -0.15) is 13.5 Å². The zero-order valence-corrected chi connectivity index (χ0v) is 17.2. The Bertz CT molecular complexity index is 1100. The average Bonchev–Trinajstić information content (AvgIpc) is 2.70. The van der Waals surface area contributed by atoms with Crippen LogP contribution in [0, 0.1) is 6.92 Å². The highest BCUT2D eigenvalue weighted by Crippen LogP contribution is 2.19. The molecule has 0 atom stereocenters. The molecule has 0 fully saturated rings. The normalized spacial score (nSPS) is 11.2. The number of benzene rings is 3. The summed E-state index contributed by atoms with van der Waals surface area (Å²) in [5.74, 6) is 0.219. The maximum Gasteiger partial charge on any atom is 0.339 e. The van der Waals surface area contributed by atoms with Gasteiger partial charge in [0.15, 0.2) is 5.11 Å². The first-order valence-electron chi connectivity index (χ1n) is 8.69. The smallest absolute Gasteiger partial charge is 0.339 e. The van der Waals surface area contributed by atoms with Gasteiger partial charge in [0, 0.05) is 5.69 Å². The first-order valence-corrected chi connectivity index (χ1v) is 10.5. The molecule has 0 aliphatic rings. The quantitative estimate of drug-likeness (QED) is 0.268. The molecule has 0 radical (unpaired) electrons. The van der Waals surface area contributed by atoms with E-state index in [4.69, 9.17) is 16.4 Å². The molecule has 0 aliphatic heterocycles. The second-order valence-corrected chi connectivity index (χ2v) is 8.06. The maximum absolute atomic E-state index is 12.3. The highest BCUT2D eigenvalue weighted by atomic mass is 32.2. The van der Waals surface area contributed by atoms with Crippen LogP contribution in [0.2, 0.25) is 0 Å². The molecular weight excluding hydrogens is 406 g/mol. The highest BCUT2D eigenvalue weighted by molar-refractivity contribution is 7.87. The summed E-state index contributed by atoms with van der Waals surface area (Å²) in [7, 11) is -3.87. The number of nitrogens with zero attached hydrogens (tertiary/aromatic N) is 1. The van der Waals surface area contributed by atoms with Gasteiger partial charge in [0.25, 0.3) is 0 Å². The predicted molar refractivity (Wildman–Crippen MR) is 119 cm³/mol. The molecule has 148 valence electrons. The van der Waals surface area contributed by atoms with E-state index in [0.29, 0.717) is 5.11 Å². The SMILES string of the molecule is Cc1ccc(S(=O)(=O)Oc2ccc(C=NNC(=S)Nc3ccccc3)cc2)cc1. The molecule has 0 saturated carbocycles. The van der Waals surface area contributed by atoms with Gasteiger partial charge in [-0.1, -0.05) is 35.9 Å². The molecule has 29 heavy (non-hydrogen) atoms. The molecule has 0 spiro atoms. The van der Waals surface area contributed by atoms with E-state index in [-0.39, 0.29) is 10.6 Å². The standard InChI is InChI=1S/C21H19N3O3S2/c1-16-7-13-20(14-8-16)29(25,26)27-19-11-9-17(10-12-19)15-22-24-21(28)23-18-5-3-2-4-6-18/h2-15H,1H3,(H2,23,24,28). The minimum Gasteiger partial charge on any atom is -0.379 e. The van der Waals surface area contributed by atoms with E-state index in [1.807, 2.05) is 37.3 Å². The first kappa shape index (κ1) is 20.5. The van der Waals surface area contributed by atoms with E-state index in [0.717, 1.165) is 16.8 Å². The second kappa shape index (κ2) is 9.31. The zero-order valence-electron chi connectivity index (χ0n) is 15.6. The van der Waals surface area contributed by atoms with Crippen molar-refractivity contribution in [3.8, 4) is 5.75 Å². The lowest BCUT2D eigenvalue weighted by Gasteiger charge is -2.08. The van der Waals surface area contributed by atoms with Crippen LogP contribution >= 0.6 is 12.2 Å². The third-order valence-corrected chi connectivity index (χ3v) is 5.26. The van der Waals surface area contributed by atoms with E-state index in [1.54, 1.807) is 42.6 Å². The van der Waals surface area contributed by atoms with Gasteiger partial charge in [-0.3, -0.25) is 5.43 Å². The van der Waals surface area contributed by atoms with E-state index < -0.39 is 10.1 Å².